The van der Waals surface area contributed by atoms with Gasteiger partial charge in [0.15, 0.2) is 11.5 Å². The maximum Gasteiger partial charge on any atom is 0.295 e. The number of rotatable bonds is 5. The van der Waals surface area contributed by atoms with Gasteiger partial charge in [-0.25, -0.2) is 0 Å². The standard InChI is InChI=1S/C27H24N2O6/c1-15-11-19-12-18(4-6-21(19)35-15)25(31)23-24(17-3-5-20(30)22(13-17)34-2)29(27(33)26(23)32)14-16-7-9-28-10-8-16/h3-10,12-13,15,24,30-31H,11,14H2,1-2H3. The Kier molecular flexibility index (Phi) is 5.64. The van der Waals surface area contributed by atoms with Crippen molar-refractivity contribution < 1.29 is 29.3 Å². The number of amides is 1. The van der Waals surface area contributed by atoms with E-state index in [4.69, 9.17) is 9.47 Å². The second-order valence-corrected chi connectivity index (χ2v) is 8.67. The number of benzene rings is 2. The first kappa shape index (κ1) is 22.5. The molecule has 35 heavy (non-hydrogen) atoms. The number of ether oxygens (including phenoxy) is 2. The summed E-state index contributed by atoms with van der Waals surface area (Å²) >= 11 is 0. The minimum absolute atomic E-state index is 0.0243. The molecule has 1 fully saturated rings. The maximum atomic E-state index is 13.3. The molecule has 1 saturated heterocycles. The van der Waals surface area contributed by atoms with Crippen molar-refractivity contribution in [1.29, 1.82) is 0 Å². The van der Waals surface area contributed by atoms with Crippen molar-refractivity contribution >= 4 is 17.4 Å². The van der Waals surface area contributed by atoms with Gasteiger partial charge in [0.25, 0.3) is 11.7 Å². The molecule has 0 spiro atoms. The zero-order valence-electron chi connectivity index (χ0n) is 19.3. The Labute approximate surface area is 202 Å². The third-order valence-corrected chi connectivity index (χ3v) is 6.33. The van der Waals surface area contributed by atoms with Crippen LogP contribution in [0.25, 0.3) is 5.76 Å². The van der Waals surface area contributed by atoms with Crippen molar-refractivity contribution in [1.82, 2.24) is 9.88 Å². The highest BCUT2D eigenvalue weighted by Crippen LogP contribution is 2.43. The molecule has 8 nitrogen and oxygen atoms in total. The number of phenolic OH excluding ortho intramolecular Hbond substituents is 1. The molecule has 0 aliphatic carbocycles. The van der Waals surface area contributed by atoms with Gasteiger partial charge >= 0.3 is 0 Å². The number of hydrogen-bond acceptors (Lipinski definition) is 7. The highest BCUT2D eigenvalue weighted by atomic mass is 16.5. The number of methoxy groups -OCH3 is 1. The molecule has 5 rings (SSSR count). The van der Waals surface area contributed by atoms with E-state index in [1.165, 1.54) is 18.1 Å². The topological polar surface area (TPSA) is 109 Å². The number of pyridine rings is 1. The number of phenols is 1. The van der Waals surface area contributed by atoms with Gasteiger partial charge in [0, 0.05) is 30.9 Å². The van der Waals surface area contributed by atoms with Gasteiger partial charge in [-0.05, 0) is 66.1 Å². The largest absolute Gasteiger partial charge is 0.507 e. The van der Waals surface area contributed by atoms with Crippen molar-refractivity contribution in [3.05, 3.63) is 88.8 Å². The summed E-state index contributed by atoms with van der Waals surface area (Å²) in [5.41, 5.74) is 2.63. The molecule has 1 amide bonds. The van der Waals surface area contributed by atoms with Crippen LogP contribution in [-0.4, -0.2) is 45.0 Å². The Morgan fingerprint density at radius 3 is 2.66 bits per heavy atom. The van der Waals surface area contributed by atoms with E-state index in [2.05, 4.69) is 4.98 Å². The van der Waals surface area contributed by atoms with Crippen LogP contribution in [-0.2, 0) is 22.6 Å². The number of carbonyl (C=O) groups is 2. The summed E-state index contributed by atoms with van der Waals surface area (Å²) < 4.78 is 11.0. The van der Waals surface area contributed by atoms with E-state index in [9.17, 15) is 19.8 Å². The molecule has 1 aromatic heterocycles. The minimum Gasteiger partial charge on any atom is -0.507 e. The van der Waals surface area contributed by atoms with Crippen LogP contribution in [0.3, 0.4) is 0 Å². The lowest BCUT2D eigenvalue weighted by molar-refractivity contribution is -0.140. The van der Waals surface area contributed by atoms with Crippen LogP contribution in [0.4, 0.5) is 0 Å². The van der Waals surface area contributed by atoms with Gasteiger partial charge in [0.05, 0.1) is 18.7 Å². The average Bonchev–Trinajstić information content (AvgIpc) is 3.35. The number of aromatic hydroxyl groups is 1. The number of aromatic nitrogens is 1. The average molecular weight is 472 g/mol. The normalized spacial score (nSPS) is 20.6. The van der Waals surface area contributed by atoms with Crippen molar-refractivity contribution in [2.45, 2.75) is 32.0 Å². The maximum absolute atomic E-state index is 13.3. The molecule has 2 N–H and O–H groups in total. The fourth-order valence-electron chi connectivity index (χ4n) is 4.66. The fraction of sp³-hybridized carbons (Fsp3) is 0.222. The second-order valence-electron chi connectivity index (χ2n) is 8.67. The Morgan fingerprint density at radius 2 is 1.91 bits per heavy atom. The summed E-state index contributed by atoms with van der Waals surface area (Å²) in [6.07, 6.45) is 3.93. The molecule has 0 saturated carbocycles. The second kappa shape index (κ2) is 8.79. The van der Waals surface area contributed by atoms with Gasteiger partial charge in [-0.2, -0.15) is 0 Å². The summed E-state index contributed by atoms with van der Waals surface area (Å²) in [5.74, 6) is -0.903. The van der Waals surface area contributed by atoms with Crippen molar-refractivity contribution in [2.75, 3.05) is 7.11 Å². The van der Waals surface area contributed by atoms with Crippen molar-refractivity contribution in [3.63, 3.8) is 0 Å². The van der Waals surface area contributed by atoms with Crippen LogP contribution in [0.1, 0.15) is 35.2 Å². The van der Waals surface area contributed by atoms with Gasteiger partial charge in [0.1, 0.15) is 17.6 Å². The third kappa shape index (κ3) is 3.97. The highest BCUT2D eigenvalue weighted by molar-refractivity contribution is 6.46. The van der Waals surface area contributed by atoms with E-state index in [0.29, 0.717) is 17.5 Å². The van der Waals surface area contributed by atoms with E-state index in [-0.39, 0.29) is 35.5 Å². The first-order valence-electron chi connectivity index (χ1n) is 11.2. The van der Waals surface area contributed by atoms with Gasteiger partial charge in [-0.1, -0.05) is 6.07 Å². The zero-order valence-corrected chi connectivity index (χ0v) is 19.3. The number of ketones is 1. The lowest BCUT2D eigenvalue weighted by Crippen LogP contribution is -2.29. The van der Waals surface area contributed by atoms with E-state index < -0.39 is 17.7 Å². The first-order chi connectivity index (χ1) is 16.9. The zero-order chi connectivity index (χ0) is 24.7. The number of likely N-dealkylation sites (tertiary alicyclic amines) is 1. The molecular formula is C27H24N2O6. The number of Topliss-reactive ketones (excluding diaryl/α,β-unsaturated/α-hetero) is 1. The molecule has 3 heterocycles. The van der Waals surface area contributed by atoms with Gasteiger partial charge in [-0.3, -0.25) is 14.6 Å². The Bertz CT molecular complexity index is 1350. The van der Waals surface area contributed by atoms with Crippen LogP contribution < -0.4 is 9.47 Å². The predicted octanol–water partition coefficient (Wildman–Crippen LogP) is 3.74. The molecule has 2 aliphatic rings. The van der Waals surface area contributed by atoms with Gasteiger partial charge in [0.2, 0.25) is 0 Å². The minimum atomic E-state index is -0.888. The van der Waals surface area contributed by atoms with Crippen molar-refractivity contribution in [3.8, 4) is 17.2 Å². The summed E-state index contributed by atoms with van der Waals surface area (Å²) in [7, 11) is 1.42. The van der Waals surface area contributed by atoms with E-state index >= 15 is 0 Å². The number of aliphatic hydroxyl groups is 1. The van der Waals surface area contributed by atoms with Crippen LogP contribution in [0.2, 0.25) is 0 Å². The molecule has 3 aromatic rings. The molecule has 2 aromatic carbocycles. The molecule has 178 valence electrons. The lowest BCUT2D eigenvalue weighted by atomic mass is 9.94. The number of hydrogen-bond donors (Lipinski definition) is 2. The van der Waals surface area contributed by atoms with Crippen LogP contribution >= 0.6 is 0 Å². The third-order valence-electron chi connectivity index (χ3n) is 6.33. The summed E-state index contributed by atoms with van der Waals surface area (Å²) in [6, 6.07) is 12.5. The van der Waals surface area contributed by atoms with E-state index in [0.717, 1.165) is 16.9 Å². The fourth-order valence-corrected chi connectivity index (χ4v) is 4.66. The Balaban J connectivity index is 1.65. The van der Waals surface area contributed by atoms with Gasteiger partial charge < -0.3 is 24.6 Å². The predicted molar refractivity (Wildman–Crippen MR) is 127 cm³/mol. The highest BCUT2D eigenvalue weighted by Gasteiger charge is 2.46. The molecule has 2 atom stereocenters. The number of carbonyl (C=O) groups excluding carboxylic acids is 2. The monoisotopic (exact) mass is 472 g/mol. The summed E-state index contributed by atoms with van der Waals surface area (Å²) in [4.78, 5) is 31.9. The SMILES string of the molecule is COc1cc(C2C(=C(O)c3ccc4c(c3)CC(C)O4)C(=O)C(=O)N2Cc2ccncc2)ccc1O. The molecule has 2 unspecified atom stereocenters. The number of fused-ring (bicyclic) bond motifs is 1. The van der Waals surface area contributed by atoms with Gasteiger partial charge in [-0.15, -0.1) is 0 Å². The number of nitrogens with zero attached hydrogens (tertiary/aromatic N) is 2. The number of aliphatic hydroxyl groups excluding tert-OH is 1. The Hall–Kier alpha value is -4.33. The van der Waals surface area contributed by atoms with Crippen LogP contribution in [0.5, 0.6) is 17.2 Å². The smallest absolute Gasteiger partial charge is 0.295 e. The van der Waals surface area contributed by atoms with E-state index in [1.807, 2.05) is 6.92 Å². The van der Waals surface area contributed by atoms with E-state index in [1.54, 1.807) is 54.9 Å². The summed E-state index contributed by atoms with van der Waals surface area (Å²) in [6.45, 7) is 2.09. The Morgan fingerprint density at radius 1 is 1.14 bits per heavy atom. The summed E-state index contributed by atoms with van der Waals surface area (Å²) in [5, 5.41) is 21.4. The molecular weight excluding hydrogens is 448 g/mol. The molecule has 0 radical (unpaired) electrons. The van der Waals surface area contributed by atoms with Crippen molar-refractivity contribution in [2.24, 2.45) is 0 Å². The molecule has 8 heteroatoms. The van der Waals surface area contributed by atoms with Crippen LogP contribution in [0, 0.1) is 0 Å². The quantitative estimate of drug-likeness (QED) is 0.331. The lowest BCUT2D eigenvalue weighted by Gasteiger charge is -2.26. The molecule has 2 aliphatic heterocycles. The first-order valence-corrected chi connectivity index (χ1v) is 11.2. The molecule has 0 bridgehead atoms. The van der Waals surface area contributed by atoms with Crippen LogP contribution in [0.15, 0.2) is 66.5 Å².